The zero-order valence-corrected chi connectivity index (χ0v) is 18.6. The molecule has 1 fully saturated rings. The Morgan fingerprint density at radius 2 is 2.18 bits per heavy atom. The number of nitrogens with one attached hydrogen (secondary N) is 1. The summed E-state index contributed by atoms with van der Waals surface area (Å²) in [6.45, 7) is 2.58. The van der Waals surface area contributed by atoms with Gasteiger partial charge in [-0.1, -0.05) is 16.8 Å². The quantitative estimate of drug-likeness (QED) is 0.438. The van der Waals surface area contributed by atoms with Crippen LogP contribution in [0.25, 0.3) is 16.7 Å². The molecular formula is C21H19ClF2N8O2. The minimum atomic E-state index is -2.78. The molecule has 4 heterocycles. The average Bonchev–Trinajstić information content (AvgIpc) is 3.54. The third kappa shape index (κ3) is 4.00. The van der Waals surface area contributed by atoms with Crippen molar-refractivity contribution in [2.45, 2.75) is 25.8 Å². The molecule has 1 amide bonds. The Hall–Kier alpha value is -3.80. The standard InChI is InChI=1S/C21H19ClF2N8O2/c1-10-26-9-32(29-10)12-2-3-13(15(22)6-12)21(33)27-11-4-5-31(8-11)20-17-14(19(25)30-34-17)7-16(28-20)18(23)24/h2-3,6-7,9,11,18H,4-5,8H2,1H3,(H2,25,30)(H,27,33). The van der Waals surface area contributed by atoms with Crippen LogP contribution in [0.3, 0.4) is 0 Å². The number of halogens is 3. The van der Waals surface area contributed by atoms with Gasteiger partial charge < -0.3 is 20.5 Å². The number of anilines is 2. The molecule has 3 aromatic heterocycles. The zero-order valence-electron chi connectivity index (χ0n) is 17.9. The normalized spacial score (nSPS) is 16.0. The van der Waals surface area contributed by atoms with Crippen LogP contribution >= 0.6 is 11.6 Å². The number of carbonyl (C=O) groups is 1. The summed E-state index contributed by atoms with van der Waals surface area (Å²) in [7, 11) is 0. The Morgan fingerprint density at radius 1 is 1.35 bits per heavy atom. The van der Waals surface area contributed by atoms with Gasteiger partial charge >= 0.3 is 0 Å². The number of alkyl halides is 2. The van der Waals surface area contributed by atoms with E-state index in [9.17, 15) is 13.6 Å². The Morgan fingerprint density at radius 3 is 2.88 bits per heavy atom. The van der Waals surface area contributed by atoms with Crippen molar-refractivity contribution in [3.05, 3.63) is 52.7 Å². The Bertz CT molecular complexity index is 1390. The van der Waals surface area contributed by atoms with E-state index in [4.69, 9.17) is 21.9 Å². The highest BCUT2D eigenvalue weighted by Gasteiger charge is 2.30. The number of rotatable bonds is 5. The lowest BCUT2D eigenvalue weighted by molar-refractivity contribution is 0.0940. The first-order valence-electron chi connectivity index (χ1n) is 10.4. The van der Waals surface area contributed by atoms with Crippen molar-refractivity contribution >= 4 is 40.1 Å². The molecule has 34 heavy (non-hydrogen) atoms. The molecule has 0 aliphatic carbocycles. The molecule has 176 valence electrons. The van der Waals surface area contributed by atoms with E-state index < -0.39 is 12.1 Å². The van der Waals surface area contributed by atoms with E-state index >= 15 is 0 Å². The number of hydrogen-bond acceptors (Lipinski definition) is 8. The first-order chi connectivity index (χ1) is 16.3. The number of nitrogens with two attached hydrogens (primary N) is 1. The largest absolute Gasteiger partial charge is 0.380 e. The minimum Gasteiger partial charge on any atom is -0.380 e. The molecule has 1 aliphatic rings. The van der Waals surface area contributed by atoms with Gasteiger partial charge in [-0.2, -0.15) is 5.10 Å². The maximum Gasteiger partial charge on any atom is 0.280 e. The second kappa shape index (κ2) is 8.52. The number of amides is 1. The van der Waals surface area contributed by atoms with E-state index in [-0.39, 0.29) is 39.6 Å². The summed E-state index contributed by atoms with van der Waals surface area (Å²) >= 11 is 6.36. The number of nitrogen functional groups attached to an aromatic ring is 1. The molecule has 5 rings (SSSR count). The molecule has 10 nitrogen and oxygen atoms in total. The van der Waals surface area contributed by atoms with Gasteiger partial charge in [-0.05, 0) is 37.6 Å². The highest BCUT2D eigenvalue weighted by Crippen LogP contribution is 2.34. The highest BCUT2D eigenvalue weighted by atomic mass is 35.5. The summed E-state index contributed by atoms with van der Waals surface area (Å²) in [6, 6.07) is 5.90. The third-order valence-corrected chi connectivity index (χ3v) is 5.91. The van der Waals surface area contributed by atoms with E-state index in [0.29, 0.717) is 36.6 Å². The molecule has 0 saturated carbocycles. The van der Waals surface area contributed by atoms with Gasteiger partial charge in [0.05, 0.1) is 21.7 Å². The van der Waals surface area contributed by atoms with Gasteiger partial charge in [-0.15, -0.1) is 0 Å². The van der Waals surface area contributed by atoms with Crippen LogP contribution in [0.2, 0.25) is 5.02 Å². The number of fused-ring (bicyclic) bond motifs is 1. The number of aryl methyl sites for hydroxylation is 1. The summed E-state index contributed by atoms with van der Waals surface area (Å²) in [5, 5.41) is 11.4. The van der Waals surface area contributed by atoms with E-state index in [1.54, 1.807) is 41.0 Å². The summed E-state index contributed by atoms with van der Waals surface area (Å²) in [6.07, 6.45) is -0.641. The third-order valence-electron chi connectivity index (χ3n) is 5.60. The van der Waals surface area contributed by atoms with Crippen LogP contribution in [-0.2, 0) is 0 Å². The lowest BCUT2D eigenvalue weighted by atomic mass is 10.1. The van der Waals surface area contributed by atoms with Gasteiger partial charge in [0.15, 0.2) is 11.6 Å². The van der Waals surface area contributed by atoms with E-state index in [1.165, 1.54) is 6.07 Å². The number of nitrogens with zero attached hydrogens (tertiary/aromatic N) is 6. The minimum absolute atomic E-state index is 0.0174. The summed E-state index contributed by atoms with van der Waals surface area (Å²) in [5.41, 5.74) is 6.56. The van der Waals surface area contributed by atoms with Crippen LogP contribution in [0.5, 0.6) is 0 Å². The first-order valence-corrected chi connectivity index (χ1v) is 10.8. The van der Waals surface area contributed by atoms with Crippen LogP contribution < -0.4 is 16.0 Å². The summed E-state index contributed by atoms with van der Waals surface area (Å²) < 4.78 is 33.5. The predicted molar refractivity (Wildman–Crippen MR) is 120 cm³/mol. The van der Waals surface area contributed by atoms with Crippen LogP contribution in [0.4, 0.5) is 20.4 Å². The number of carbonyl (C=O) groups excluding carboxylic acids is 1. The predicted octanol–water partition coefficient (Wildman–Crippen LogP) is 3.29. The molecule has 3 N–H and O–H groups in total. The maximum absolute atomic E-state index is 13.4. The van der Waals surface area contributed by atoms with Crippen LogP contribution in [0, 0.1) is 6.92 Å². The molecule has 1 saturated heterocycles. The van der Waals surface area contributed by atoms with E-state index in [2.05, 4.69) is 25.5 Å². The number of benzene rings is 1. The van der Waals surface area contributed by atoms with Gasteiger partial charge in [0.25, 0.3) is 12.3 Å². The van der Waals surface area contributed by atoms with Crippen molar-refractivity contribution < 1.29 is 18.1 Å². The lowest BCUT2D eigenvalue weighted by Crippen LogP contribution is -2.37. The lowest BCUT2D eigenvalue weighted by Gasteiger charge is -2.19. The maximum atomic E-state index is 13.4. The molecule has 0 spiro atoms. The molecule has 13 heteroatoms. The van der Waals surface area contributed by atoms with Gasteiger partial charge in [-0.3, -0.25) is 4.79 Å². The zero-order chi connectivity index (χ0) is 24.0. The van der Waals surface area contributed by atoms with Gasteiger partial charge in [0.1, 0.15) is 17.8 Å². The monoisotopic (exact) mass is 488 g/mol. The molecule has 0 radical (unpaired) electrons. The smallest absolute Gasteiger partial charge is 0.280 e. The Kier molecular flexibility index (Phi) is 5.52. The highest BCUT2D eigenvalue weighted by molar-refractivity contribution is 6.34. The molecule has 0 bridgehead atoms. The van der Waals surface area contributed by atoms with Crippen molar-refractivity contribution in [2.75, 3.05) is 23.7 Å². The van der Waals surface area contributed by atoms with Crippen molar-refractivity contribution in [1.82, 2.24) is 30.2 Å². The van der Waals surface area contributed by atoms with Gasteiger partial charge in [-0.25, -0.2) is 23.4 Å². The molecule has 1 aromatic carbocycles. The number of hydrogen-bond donors (Lipinski definition) is 2. The molecule has 4 aromatic rings. The second-order valence-corrected chi connectivity index (χ2v) is 8.33. The van der Waals surface area contributed by atoms with Crippen LogP contribution in [0.1, 0.15) is 34.7 Å². The van der Waals surface area contributed by atoms with E-state index in [1.807, 2.05) is 0 Å². The fourth-order valence-electron chi connectivity index (χ4n) is 3.92. The Labute approximate surface area is 196 Å². The first kappa shape index (κ1) is 22.0. The van der Waals surface area contributed by atoms with E-state index in [0.717, 1.165) is 0 Å². The SMILES string of the molecule is Cc1ncn(-c2ccc(C(=O)NC3CCN(c4nc(C(F)F)cc5c(N)noc45)C3)c(Cl)c2)n1. The van der Waals surface area contributed by atoms with Crippen molar-refractivity contribution in [1.29, 1.82) is 0 Å². The van der Waals surface area contributed by atoms with Crippen molar-refractivity contribution in [3.8, 4) is 5.69 Å². The topological polar surface area (TPSA) is 128 Å². The van der Waals surface area contributed by atoms with Crippen LogP contribution in [-0.4, -0.2) is 49.9 Å². The van der Waals surface area contributed by atoms with Crippen LogP contribution in [0.15, 0.2) is 35.1 Å². The van der Waals surface area contributed by atoms with Crippen molar-refractivity contribution in [2.24, 2.45) is 0 Å². The average molecular weight is 489 g/mol. The second-order valence-electron chi connectivity index (χ2n) is 7.92. The molecule has 1 aliphatic heterocycles. The molecular weight excluding hydrogens is 470 g/mol. The van der Waals surface area contributed by atoms with Gasteiger partial charge in [0.2, 0.25) is 5.58 Å². The fraction of sp³-hybridized carbons (Fsp3) is 0.286. The molecule has 1 unspecified atom stereocenters. The Balaban J connectivity index is 1.32. The number of pyridine rings is 1. The fourth-order valence-corrected chi connectivity index (χ4v) is 4.18. The summed E-state index contributed by atoms with van der Waals surface area (Å²) in [4.78, 5) is 22.8. The summed E-state index contributed by atoms with van der Waals surface area (Å²) in [5.74, 6) is 0.507. The number of aromatic nitrogens is 5. The van der Waals surface area contributed by atoms with Gasteiger partial charge in [0, 0.05) is 19.1 Å². The van der Waals surface area contributed by atoms with Crippen molar-refractivity contribution in [3.63, 3.8) is 0 Å². The molecule has 1 atom stereocenters.